The van der Waals surface area contributed by atoms with Gasteiger partial charge >= 0.3 is 6.18 Å². The highest BCUT2D eigenvalue weighted by molar-refractivity contribution is 6.02. The number of hydrogen-bond donors (Lipinski definition) is 2. The summed E-state index contributed by atoms with van der Waals surface area (Å²) in [6.45, 7) is 3.90. The minimum absolute atomic E-state index is 0.0603. The number of nitrogens with zero attached hydrogens (tertiary/aromatic N) is 2. The lowest BCUT2D eigenvalue weighted by atomic mass is 10.0. The van der Waals surface area contributed by atoms with Gasteiger partial charge in [0.05, 0.1) is 5.56 Å². The molecule has 112 valence electrons. The Morgan fingerprint density at radius 1 is 1.45 bits per heavy atom. The number of nitrogens with two attached hydrogens (primary N) is 1. The van der Waals surface area contributed by atoms with Crippen LogP contribution in [-0.4, -0.2) is 24.1 Å². The smallest absolute Gasteiger partial charge is 0.409 e. The van der Waals surface area contributed by atoms with Gasteiger partial charge in [-0.3, -0.25) is 0 Å². The molecule has 0 aromatic heterocycles. The Hall–Kier alpha value is -1.92. The van der Waals surface area contributed by atoms with Gasteiger partial charge in [-0.1, -0.05) is 12.1 Å². The number of alkyl halides is 3. The first-order chi connectivity index (χ1) is 9.22. The van der Waals surface area contributed by atoms with Crippen molar-refractivity contribution in [2.75, 3.05) is 11.9 Å². The molecule has 1 aromatic carbocycles. The molecule has 0 amide bonds. The summed E-state index contributed by atoms with van der Waals surface area (Å²) in [6, 6.07) is 3.32. The van der Waals surface area contributed by atoms with E-state index in [4.69, 9.17) is 10.9 Å². The Balaban J connectivity index is 3.39. The maximum absolute atomic E-state index is 12.7. The average molecular weight is 289 g/mol. The second-order valence-corrected chi connectivity index (χ2v) is 4.58. The maximum atomic E-state index is 12.7. The summed E-state index contributed by atoms with van der Waals surface area (Å²) in [5.41, 5.74) is 5.21. The SMILES string of the molecule is CCC(C)N(C)c1ccc(C(F)(F)F)cc1/C(N)=N/O. The minimum atomic E-state index is -4.47. The molecule has 0 aliphatic rings. The van der Waals surface area contributed by atoms with Crippen molar-refractivity contribution < 1.29 is 18.4 Å². The molecule has 0 saturated heterocycles. The fraction of sp³-hybridized carbons (Fsp3) is 0.462. The van der Waals surface area contributed by atoms with Crippen molar-refractivity contribution in [3.63, 3.8) is 0 Å². The zero-order valence-corrected chi connectivity index (χ0v) is 11.6. The topological polar surface area (TPSA) is 61.8 Å². The molecule has 0 aliphatic heterocycles. The van der Waals surface area contributed by atoms with Crippen molar-refractivity contribution in [1.82, 2.24) is 0 Å². The van der Waals surface area contributed by atoms with Gasteiger partial charge in [-0.2, -0.15) is 13.2 Å². The Kier molecular flexibility index (Phi) is 4.86. The van der Waals surface area contributed by atoms with Gasteiger partial charge in [0.1, 0.15) is 0 Å². The van der Waals surface area contributed by atoms with Gasteiger partial charge in [0.2, 0.25) is 0 Å². The molecule has 1 aromatic rings. The van der Waals surface area contributed by atoms with Crippen LogP contribution in [0.3, 0.4) is 0 Å². The molecule has 0 bridgehead atoms. The van der Waals surface area contributed by atoms with Crippen molar-refractivity contribution in [1.29, 1.82) is 0 Å². The summed E-state index contributed by atoms with van der Waals surface area (Å²) in [5.74, 6) is -0.346. The van der Waals surface area contributed by atoms with Crippen LogP contribution in [0.25, 0.3) is 0 Å². The van der Waals surface area contributed by atoms with E-state index < -0.39 is 11.7 Å². The first kappa shape index (κ1) is 16.1. The van der Waals surface area contributed by atoms with Gasteiger partial charge in [-0.15, -0.1) is 0 Å². The lowest BCUT2D eigenvalue weighted by Crippen LogP contribution is -2.31. The summed E-state index contributed by atoms with van der Waals surface area (Å²) < 4.78 is 38.2. The van der Waals surface area contributed by atoms with Crippen molar-refractivity contribution >= 4 is 11.5 Å². The second kappa shape index (κ2) is 6.02. The van der Waals surface area contributed by atoms with Crippen LogP contribution >= 0.6 is 0 Å². The molecule has 1 atom stereocenters. The number of amidine groups is 1. The van der Waals surface area contributed by atoms with Gasteiger partial charge < -0.3 is 15.8 Å². The molecular formula is C13H18F3N3O. The standard InChI is InChI=1S/C13H18F3N3O/c1-4-8(2)19(3)11-6-5-9(13(14,15)16)7-10(11)12(17)18-20/h5-8,20H,4H2,1-3H3,(H2,17,18). The molecule has 0 heterocycles. The lowest BCUT2D eigenvalue weighted by Gasteiger charge is -2.28. The molecule has 0 radical (unpaired) electrons. The lowest BCUT2D eigenvalue weighted by molar-refractivity contribution is -0.137. The van der Waals surface area contributed by atoms with Gasteiger partial charge in [0.15, 0.2) is 5.84 Å². The molecule has 0 fully saturated rings. The van der Waals surface area contributed by atoms with E-state index in [1.165, 1.54) is 6.07 Å². The number of benzene rings is 1. The van der Waals surface area contributed by atoms with Gasteiger partial charge in [0, 0.05) is 24.3 Å². The average Bonchev–Trinajstić information content (AvgIpc) is 2.43. The van der Waals surface area contributed by atoms with E-state index in [1.54, 1.807) is 11.9 Å². The minimum Gasteiger partial charge on any atom is -0.409 e. The van der Waals surface area contributed by atoms with E-state index in [0.29, 0.717) is 5.69 Å². The number of oxime groups is 1. The summed E-state index contributed by atoms with van der Waals surface area (Å²) in [5, 5.41) is 11.6. The van der Waals surface area contributed by atoms with Crippen LogP contribution < -0.4 is 10.6 Å². The number of halogens is 3. The Bertz CT molecular complexity index is 500. The predicted octanol–water partition coefficient (Wildman–Crippen LogP) is 3.03. The Morgan fingerprint density at radius 3 is 2.50 bits per heavy atom. The molecule has 0 saturated carbocycles. The first-order valence-corrected chi connectivity index (χ1v) is 6.14. The van der Waals surface area contributed by atoms with Crippen LogP contribution in [0.5, 0.6) is 0 Å². The Labute approximate surface area is 115 Å². The van der Waals surface area contributed by atoms with Crippen LogP contribution in [0.15, 0.2) is 23.4 Å². The zero-order valence-electron chi connectivity index (χ0n) is 11.6. The molecule has 4 nitrogen and oxygen atoms in total. The van der Waals surface area contributed by atoms with E-state index in [-0.39, 0.29) is 17.4 Å². The van der Waals surface area contributed by atoms with E-state index in [0.717, 1.165) is 18.6 Å². The summed E-state index contributed by atoms with van der Waals surface area (Å²) >= 11 is 0. The fourth-order valence-corrected chi connectivity index (χ4v) is 1.79. The third-order valence-electron chi connectivity index (χ3n) is 3.34. The third kappa shape index (κ3) is 3.34. The summed E-state index contributed by atoms with van der Waals surface area (Å²) in [4.78, 5) is 1.80. The van der Waals surface area contributed by atoms with Crippen molar-refractivity contribution in [2.24, 2.45) is 10.9 Å². The molecule has 7 heteroatoms. The maximum Gasteiger partial charge on any atom is 0.416 e. The summed E-state index contributed by atoms with van der Waals surface area (Å²) in [7, 11) is 1.75. The van der Waals surface area contributed by atoms with Crippen LogP contribution in [0.1, 0.15) is 31.4 Å². The first-order valence-electron chi connectivity index (χ1n) is 6.14. The largest absolute Gasteiger partial charge is 0.416 e. The van der Waals surface area contributed by atoms with Crippen LogP contribution in [0.2, 0.25) is 0 Å². The van der Waals surface area contributed by atoms with Crippen LogP contribution in [0, 0.1) is 0 Å². The molecule has 0 spiro atoms. The van der Waals surface area contributed by atoms with E-state index in [2.05, 4.69) is 5.16 Å². The highest BCUT2D eigenvalue weighted by Crippen LogP contribution is 2.33. The monoisotopic (exact) mass is 289 g/mol. The second-order valence-electron chi connectivity index (χ2n) is 4.58. The zero-order chi connectivity index (χ0) is 15.5. The highest BCUT2D eigenvalue weighted by Gasteiger charge is 2.32. The molecule has 20 heavy (non-hydrogen) atoms. The van der Waals surface area contributed by atoms with Crippen LogP contribution in [0.4, 0.5) is 18.9 Å². The van der Waals surface area contributed by atoms with Crippen molar-refractivity contribution in [3.8, 4) is 0 Å². The number of anilines is 1. The van der Waals surface area contributed by atoms with Crippen molar-refractivity contribution in [3.05, 3.63) is 29.3 Å². The number of rotatable bonds is 4. The third-order valence-corrected chi connectivity index (χ3v) is 3.34. The van der Waals surface area contributed by atoms with Gasteiger partial charge in [-0.05, 0) is 31.5 Å². The molecule has 3 N–H and O–H groups in total. The van der Waals surface area contributed by atoms with E-state index in [9.17, 15) is 13.2 Å². The van der Waals surface area contributed by atoms with Gasteiger partial charge in [-0.25, -0.2) is 0 Å². The summed E-state index contributed by atoms with van der Waals surface area (Å²) in [6.07, 6.45) is -3.66. The predicted molar refractivity (Wildman–Crippen MR) is 72.1 cm³/mol. The van der Waals surface area contributed by atoms with Gasteiger partial charge in [0.25, 0.3) is 0 Å². The van der Waals surface area contributed by atoms with E-state index >= 15 is 0 Å². The quantitative estimate of drug-likeness (QED) is 0.387. The van der Waals surface area contributed by atoms with Crippen molar-refractivity contribution in [2.45, 2.75) is 32.5 Å². The fourth-order valence-electron chi connectivity index (χ4n) is 1.79. The molecule has 1 rings (SSSR count). The normalized spacial score (nSPS) is 14.2. The highest BCUT2D eigenvalue weighted by atomic mass is 19.4. The number of hydrogen-bond acceptors (Lipinski definition) is 3. The van der Waals surface area contributed by atoms with E-state index in [1.807, 2.05) is 13.8 Å². The molecule has 1 unspecified atom stereocenters. The molecule has 0 aliphatic carbocycles. The Morgan fingerprint density at radius 2 is 2.05 bits per heavy atom. The van der Waals surface area contributed by atoms with Crippen LogP contribution in [-0.2, 0) is 6.18 Å². The molecular weight excluding hydrogens is 271 g/mol.